The highest BCUT2D eigenvalue weighted by molar-refractivity contribution is 5.98. The van der Waals surface area contributed by atoms with E-state index < -0.39 is 12.1 Å². The SMILES string of the molecule is Cc1cc(N2CC[C@H](C)C2)ncc1-c1cc2cc(NC(=O)[C@@H]3C[C@@H]3F)ncc2c(N)n1. The van der Waals surface area contributed by atoms with Gasteiger partial charge in [0.05, 0.1) is 11.6 Å². The number of aryl methyl sites for hydroxylation is 1. The van der Waals surface area contributed by atoms with E-state index in [2.05, 4.69) is 38.2 Å². The van der Waals surface area contributed by atoms with Crippen molar-refractivity contribution in [1.29, 1.82) is 0 Å². The average Bonchev–Trinajstić information content (AvgIpc) is 3.31. The fourth-order valence-corrected chi connectivity index (χ4v) is 4.16. The van der Waals surface area contributed by atoms with Gasteiger partial charge in [-0.1, -0.05) is 6.92 Å². The lowest BCUT2D eigenvalue weighted by Crippen LogP contribution is -2.20. The first-order valence-electron chi connectivity index (χ1n) is 10.6. The van der Waals surface area contributed by atoms with Gasteiger partial charge in [0.25, 0.3) is 0 Å². The van der Waals surface area contributed by atoms with Crippen LogP contribution in [0.15, 0.2) is 30.6 Å². The Hall–Kier alpha value is -3.29. The summed E-state index contributed by atoms with van der Waals surface area (Å²) >= 11 is 0. The Balaban J connectivity index is 1.46. The number of hydrogen-bond donors (Lipinski definition) is 2. The molecular formula is C23H25FN6O. The zero-order valence-corrected chi connectivity index (χ0v) is 17.6. The highest BCUT2D eigenvalue weighted by Crippen LogP contribution is 2.35. The molecule has 2 fully saturated rings. The predicted molar refractivity (Wildman–Crippen MR) is 120 cm³/mol. The maximum absolute atomic E-state index is 13.1. The first-order chi connectivity index (χ1) is 14.9. The molecule has 0 bridgehead atoms. The van der Waals surface area contributed by atoms with Gasteiger partial charge in [0.1, 0.15) is 23.6 Å². The highest BCUT2D eigenvalue weighted by Gasteiger charge is 2.43. The molecule has 8 heteroatoms. The lowest BCUT2D eigenvalue weighted by molar-refractivity contribution is -0.117. The van der Waals surface area contributed by atoms with E-state index >= 15 is 0 Å². The van der Waals surface area contributed by atoms with Gasteiger partial charge >= 0.3 is 0 Å². The third-order valence-electron chi connectivity index (χ3n) is 6.17. The minimum absolute atomic E-state index is 0.277. The number of anilines is 3. The normalized spacial score (nSPS) is 22.7. The summed E-state index contributed by atoms with van der Waals surface area (Å²) in [5.74, 6) is 1.50. The molecule has 2 aliphatic rings. The van der Waals surface area contributed by atoms with Crippen molar-refractivity contribution in [3.63, 3.8) is 0 Å². The van der Waals surface area contributed by atoms with Gasteiger partial charge < -0.3 is 16.0 Å². The number of nitrogens with two attached hydrogens (primary N) is 1. The molecule has 3 aromatic heterocycles. The molecule has 1 aliphatic carbocycles. The van der Waals surface area contributed by atoms with E-state index in [-0.39, 0.29) is 12.3 Å². The number of halogens is 1. The molecule has 1 aliphatic heterocycles. The second-order valence-corrected chi connectivity index (χ2v) is 8.73. The van der Waals surface area contributed by atoms with Crippen LogP contribution < -0.4 is 16.0 Å². The van der Waals surface area contributed by atoms with Crippen LogP contribution in [0.3, 0.4) is 0 Å². The van der Waals surface area contributed by atoms with Crippen molar-refractivity contribution >= 4 is 34.1 Å². The van der Waals surface area contributed by atoms with Gasteiger partial charge in [-0.25, -0.2) is 19.3 Å². The first-order valence-corrected chi connectivity index (χ1v) is 10.6. The van der Waals surface area contributed by atoms with Crippen LogP contribution in [0.5, 0.6) is 0 Å². The molecule has 5 rings (SSSR count). The van der Waals surface area contributed by atoms with Gasteiger partial charge in [0, 0.05) is 36.4 Å². The number of alkyl halides is 1. The van der Waals surface area contributed by atoms with Crippen LogP contribution in [0, 0.1) is 18.8 Å². The fourth-order valence-electron chi connectivity index (χ4n) is 4.16. The molecule has 0 aromatic carbocycles. The third-order valence-corrected chi connectivity index (χ3v) is 6.17. The Morgan fingerprint density at radius 2 is 2.06 bits per heavy atom. The number of pyridine rings is 3. The second kappa shape index (κ2) is 7.44. The van der Waals surface area contributed by atoms with Crippen molar-refractivity contribution in [2.45, 2.75) is 32.9 Å². The molecule has 0 radical (unpaired) electrons. The largest absolute Gasteiger partial charge is 0.383 e. The van der Waals surface area contributed by atoms with Crippen LogP contribution in [0.25, 0.3) is 22.0 Å². The molecular weight excluding hydrogens is 395 g/mol. The van der Waals surface area contributed by atoms with E-state index in [1.54, 1.807) is 12.3 Å². The topological polar surface area (TPSA) is 97.0 Å². The van der Waals surface area contributed by atoms with E-state index in [9.17, 15) is 9.18 Å². The smallest absolute Gasteiger partial charge is 0.231 e. The van der Waals surface area contributed by atoms with Gasteiger partial charge in [0.2, 0.25) is 5.91 Å². The Kier molecular flexibility index (Phi) is 4.72. The number of amides is 1. The van der Waals surface area contributed by atoms with Gasteiger partial charge in [-0.05, 0) is 54.8 Å². The van der Waals surface area contributed by atoms with Gasteiger partial charge in [0.15, 0.2) is 0 Å². The lowest BCUT2D eigenvalue weighted by atomic mass is 10.1. The molecule has 1 saturated carbocycles. The predicted octanol–water partition coefficient (Wildman–Crippen LogP) is 3.73. The van der Waals surface area contributed by atoms with Gasteiger partial charge in [-0.15, -0.1) is 0 Å². The molecule has 0 unspecified atom stereocenters. The molecule has 4 heterocycles. The summed E-state index contributed by atoms with van der Waals surface area (Å²) in [7, 11) is 0. The van der Waals surface area contributed by atoms with Crippen LogP contribution >= 0.6 is 0 Å². The molecule has 1 amide bonds. The number of carbonyl (C=O) groups excluding carboxylic acids is 1. The molecule has 31 heavy (non-hydrogen) atoms. The maximum atomic E-state index is 13.1. The Morgan fingerprint density at radius 1 is 1.26 bits per heavy atom. The second-order valence-electron chi connectivity index (χ2n) is 8.73. The zero-order valence-electron chi connectivity index (χ0n) is 17.6. The molecule has 1 saturated heterocycles. The Labute approximate surface area is 179 Å². The summed E-state index contributed by atoms with van der Waals surface area (Å²) < 4.78 is 13.1. The van der Waals surface area contributed by atoms with E-state index in [1.165, 1.54) is 6.42 Å². The van der Waals surface area contributed by atoms with E-state index in [1.807, 2.05) is 19.2 Å². The Bertz CT molecular complexity index is 1180. The van der Waals surface area contributed by atoms with Crippen LogP contribution in [0.4, 0.5) is 21.8 Å². The fraction of sp³-hybridized carbons (Fsp3) is 0.391. The highest BCUT2D eigenvalue weighted by atomic mass is 19.1. The quantitative estimate of drug-likeness (QED) is 0.668. The molecule has 7 nitrogen and oxygen atoms in total. The minimum Gasteiger partial charge on any atom is -0.383 e. The molecule has 3 aromatic rings. The van der Waals surface area contributed by atoms with Crippen LogP contribution in [0.2, 0.25) is 0 Å². The zero-order chi connectivity index (χ0) is 21.7. The van der Waals surface area contributed by atoms with Crippen LogP contribution in [0.1, 0.15) is 25.3 Å². The van der Waals surface area contributed by atoms with Crippen molar-refractivity contribution in [3.05, 3.63) is 36.2 Å². The molecule has 3 atom stereocenters. The van der Waals surface area contributed by atoms with Crippen molar-refractivity contribution in [2.24, 2.45) is 11.8 Å². The summed E-state index contributed by atoms with van der Waals surface area (Å²) in [6.45, 7) is 6.36. The number of carbonyl (C=O) groups is 1. The summed E-state index contributed by atoms with van der Waals surface area (Å²) in [5, 5.41) is 4.19. The molecule has 3 N–H and O–H groups in total. The average molecular weight is 420 g/mol. The first kappa shape index (κ1) is 19.7. The summed E-state index contributed by atoms with van der Waals surface area (Å²) in [6.07, 6.45) is 3.84. The Morgan fingerprint density at radius 3 is 2.74 bits per heavy atom. The number of rotatable bonds is 4. The number of hydrogen-bond acceptors (Lipinski definition) is 6. The molecule has 0 spiro atoms. The number of aromatic nitrogens is 3. The number of nitrogens with one attached hydrogen (secondary N) is 1. The maximum Gasteiger partial charge on any atom is 0.231 e. The monoisotopic (exact) mass is 420 g/mol. The van der Waals surface area contributed by atoms with E-state index in [4.69, 9.17) is 5.73 Å². The summed E-state index contributed by atoms with van der Waals surface area (Å²) in [6, 6.07) is 5.75. The molecule has 160 valence electrons. The number of fused-ring (bicyclic) bond motifs is 1. The minimum atomic E-state index is -1.05. The van der Waals surface area contributed by atoms with Gasteiger partial charge in [-0.2, -0.15) is 0 Å². The van der Waals surface area contributed by atoms with Crippen molar-refractivity contribution in [1.82, 2.24) is 15.0 Å². The third kappa shape index (κ3) is 3.78. The summed E-state index contributed by atoms with van der Waals surface area (Å²) in [5.41, 5.74) is 8.89. The number of nitrogen functional groups attached to an aromatic ring is 1. The van der Waals surface area contributed by atoms with E-state index in [0.29, 0.717) is 28.6 Å². The van der Waals surface area contributed by atoms with Crippen LogP contribution in [-0.2, 0) is 4.79 Å². The lowest BCUT2D eigenvalue weighted by Gasteiger charge is -2.18. The standard InChI is InChI=1S/C23H25FN6O/c1-12-3-4-30(11-12)21-5-13(2)16(9-27-21)19-6-14-7-20(26-10-17(14)22(25)28-19)29-23(31)15-8-18(15)24/h5-7,9-10,12,15,18H,3-4,8,11H2,1-2H3,(H2,25,28)(H,26,29,31)/t12-,15+,18-/m0/s1. The van der Waals surface area contributed by atoms with E-state index in [0.717, 1.165) is 35.4 Å². The van der Waals surface area contributed by atoms with Gasteiger partial charge in [-0.3, -0.25) is 4.79 Å². The van der Waals surface area contributed by atoms with Crippen LogP contribution in [-0.4, -0.2) is 40.1 Å². The van der Waals surface area contributed by atoms with Crippen molar-refractivity contribution in [2.75, 3.05) is 29.0 Å². The number of nitrogens with zero attached hydrogens (tertiary/aromatic N) is 4. The van der Waals surface area contributed by atoms with Crippen molar-refractivity contribution in [3.8, 4) is 11.3 Å². The summed E-state index contributed by atoms with van der Waals surface area (Å²) in [4.78, 5) is 27.8. The van der Waals surface area contributed by atoms with Crippen molar-refractivity contribution < 1.29 is 9.18 Å².